The molecular formula is C12H13F2NO5S. The van der Waals surface area contributed by atoms with E-state index < -0.39 is 50.7 Å². The Morgan fingerprint density at radius 2 is 1.95 bits per heavy atom. The van der Waals surface area contributed by atoms with Gasteiger partial charge in [0.15, 0.2) is 11.6 Å². The van der Waals surface area contributed by atoms with Gasteiger partial charge in [0, 0.05) is 6.26 Å². The molecule has 1 aromatic carbocycles. The van der Waals surface area contributed by atoms with Crippen LogP contribution in [0.2, 0.25) is 0 Å². The van der Waals surface area contributed by atoms with Gasteiger partial charge in [0.1, 0.15) is 15.9 Å². The van der Waals surface area contributed by atoms with Crippen LogP contribution in [0.3, 0.4) is 0 Å². The lowest BCUT2D eigenvalue weighted by Gasteiger charge is -2.14. The van der Waals surface area contributed by atoms with E-state index in [0.29, 0.717) is 0 Å². The van der Waals surface area contributed by atoms with Crippen molar-refractivity contribution >= 4 is 21.7 Å². The maximum atomic E-state index is 13.4. The molecule has 1 aromatic rings. The van der Waals surface area contributed by atoms with E-state index in [1.165, 1.54) is 0 Å². The zero-order valence-electron chi connectivity index (χ0n) is 11.0. The average Bonchev–Trinajstić information content (AvgIpc) is 2.36. The van der Waals surface area contributed by atoms with Gasteiger partial charge in [0.2, 0.25) is 0 Å². The second-order valence-corrected chi connectivity index (χ2v) is 6.64. The Hall–Kier alpha value is -2.03. The molecule has 0 saturated carbocycles. The van der Waals surface area contributed by atoms with Crippen LogP contribution >= 0.6 is 0 Å². The Bertz CT molecular complexity index is 660. The van der Waals surface area contributed by atoms with Crippen LogP contribution in [0.1, 0.15) is 16.8 Å². The Kier molecular flexibility index (Phi) is 5.36. The van der Waals surface area contributed by atoms with E-state index >= 15 is 0 Å². The predicted molar refractivity (Wildman–Crippen MR) is 69.6 cm³/mol. The summed E-state index contributed by atoms with van der Waals surface area (Å²) in [6.45, 7) is 0. The monoisotopic (exact) mass is 321 g/mol. The van der Waals surface area contributed by atoms with Crippen molar-refractivity contribution in [1.82, 2.24) is 5.32 Å². The standard InChI is InChI=1S/C12H13F2NO5S/c1-21(19,20)6-5-9(12(17)18)15-11(16)7-3-2-4-8(13)10(7)14/h2-4,9H,5-6H2,1H3,(H,15,16)(H,17,18). The van der Waals surface area contributed by atoms with Gasteiger partial charge in [-0.25, -0.2) is 22.0 Å². The minimum Gasteiger partial charge on any atom is -0.480 e. The number of sulfone groups is 1. The van der Waals surface area contributed by atoms with Crippen LogP contribution in [0.25, 0.3) is 0 Å². The molecule has 1 unspecified atom stereocenters. The molecule has 0 aliphatic heterocycles. The van der Waals surface area contributed by atoms with Crippen LogP contribution < -0.4 is 5.32 Å². The van der Waals surface area contributed by atoms with Crippen LogP contribution in [0, 0.1) is 11.6 Å². The molecule has 0 radical (unpaired) electrons. The highest BCUT2D eigenvalue weighted by molar-refractivity contribution is 7.90. The van der Waals surface area contributed by atoms with Crippen molar-refractivity contribution in [3.8, 4) is 0 Å². The summed E-state index contributed by atoms with van der Waals surface area (Å²) in [5.41, 5.74) is -0.652. The third kappa shape index (κ3) is 5.10. The molecule has 0 bridgehead atoms. The van der Waals surface area contributed by atoms with Crippen LogP contribution in [-0.4, -0.2) is 43.5 Å². The summed E-state index contributed by atoms with van der Waals surface area (Å²) < 4.78 is 48.4. The Labute approximate surface area is 119 Å². The topological polar surface area (TPSA) is 101 Å². The summed E-state index contributed by atoms with van der Waals surface area (Å²) >= 11 is 0. The predicted octanol–water partition coefficient (Wildman–Crippen LogP) is 0.582. The van der Waals surface area contributed by atoms with Crippen molar-refractivity contribution in [2.75, 3.05) is 12.0 Å². The van der Waals surface area contributed by atoms with Crippen LogP contribution in [-0.2, 0) is 14.6 Å². The van der Waals surface area contributed by atoms with Gasteiger partial charge in [0.25, 0.3) is 5.91 Å². The van der Waals surface area contributed by atoms with Crippen molar-refractivity contribution in [1.29, 1.82) is 0 Å². The van der Waals surface area contributed by atoms with Gasteiger partial charge in [-0.2, -0.15) is 0 Å². The Morgan fingerprint density at radius 1 is 1.33 bits per heavy atom. The molecule has 116 valence electrons. The number of carboxylic acids is 1. The van der Waals surface area contributed by atoms with Gasteiger partial charge in [-0.3, -0.25) is 4.79 Å². The van der Waals surface area contributed by atoms with E-state index in [0.717, 1.165) is 24.5 Å². The van der Waals surface area contributed by atoms with E-state index in [4.69, 9.17) is 5.11 Å². The number of carbonyl (C=O) groups is 2. The van der Waals surface area contributed by atoms with Gasteiger partial charge in [-0.05, 0) is 18.6 Å². The summed E-state index contributed by atoms with van der Waals surface area (Å²) in [5.74, 6) is -5.71. The first kappa shape index (κ1) is 17.0. The van der Waals surface area contributed by atoms with Gasteiger partial charge in [-0.15, -0.1) is 0 Å². The largest absolute Gasteiger partial charge is 0.480 e. The third-order valence-electron chi connectivity index (χ3n) is 2.58. The molecule has 0 saturated heterocycles. The number of carbonyl (C=O) groups excluding carboxylic acids is 1. The SMILES string of the molecule is CS(=O)(=O)CCC(NC(=O)c1cccc(F)c1F)C(=O)O. The fourth-order valence-electron chi connectivity index (χ4n) is 1.50. The summed E-state index contributed by atoms with van der Waals surface area (Å²) in [5, 5.41) is 10.9. The first-order valence-electron chi connectivity index (χ1n) is 5.77. The van der Waals surface area contributed by atoms with Crippen LogP contribution in [0.4, 0.5) is 8.78 Å². The Balaban J connectivity index is 2.86. The van der Waals surface area contributed by atoms with Crippen molar-refractivity contribution in [3.05, 3.63) is 35.4 Å². The lowest BCUT2D eigenvalue weighted by molar-refractivity contribution is -0.139. The number of halogens is 2. The number of carboxylic acid groups (broad SMARTS) is 1. The summed E-state index contributed by atoms with van der Waals surface area (Å²) in [7, 11) is -3.42. The van der Waals surface area contributed by atoms with Crippen LogP contribution in [0.5, 0.6) is 0 Å². The average molecular weight is 321 g/mol. The lowest BCUT2D eigenvalue weighted by Crippen LogP contribution is -2.42. The molecule has 0 fully saturated rings. The van der Waals surface area contributed by atoms with Crippen molar-refractivity contribution in [3.63, 3.8) is 0 Å². The number of nitrogens with one attached hydrogen (secondary N) is 1. The van der Waals surface area contributed by atoms with E-state index in [2.05, 4.69) is 0 Å². The van der Waals surface area contributed by atoms with E-state index in [1.54, 1.807) is 0 Å². The van der Waals surface area contributed by atoms with Gasteiger partial charge >= 0.3 is 5.97 Å². The minimum absolute atomic E-state index is 0.378. The lowest BCUT2D eigenvalue weighted by atomic mass is 10.1. The summed E-state index contributed by atoms with van der Waals surface area (Å²) in [4.78, 5) is 22.7. The minimum atomic E-state index is -3.42. The number of hydrogen-bond donors (Lipinski definition) is 2. The van der Waals surface area contributed by atoms with E-state index in [9.17, 15) is 26.8 Å². The molecule has 21 heavy (non-hydrogen) atoms. The maximum Gasteiger partial charge on any atom is 0.326 e. The molecule has 1 atom stereocenters. The summed E-state index contributed by atoms with van der Waals surface area (Å²) in [6.07, 6.45) is 0.539. The van der Waals surface area contributed by atoms with Crippen molar-refractivity contribution in [2.45, 2.75) is 12.5 Å². The molecule has 0 aliphatic carbocycles. The summed E-state index contributed by atoms with van der Waals surface area (Å²) in [6, 6.07) is 1.38. The molecule has 0 aliphatic rings. The van der Waals surface area contributed by atoms with Crippen molar-refractivity contribution in [2.24, 2.45) is 0 Å². The smallest absolute Gasteiger partial charge is 0.326 e. The number of amides is 1. The second-order valence-electron chi connectivity index (χ2n) is 4.38. The quantitative estimate of drug-likeness (QED) is 0.798. The fraction of sp³-hybridized carbons (Fsp3) is 0.333. The van der Waals surface area contributed by atoms with Gasteiger partial charge in [-0.1, -0.05) is 6.07 Å². The second kappa shape index (κ2) is 6.61. The Morgan fingerprint density at radius 3 is 2.48 bits per heavy atom. The molecular weight excluding hydrogens is 308 g/mol. The zero-order valence-corrected chi connectivity index (χ0v) is 11.8. The number of aliphatic carboxylic acids is 1. The number of hydrogen-bond acceptors (Lipinski definition) is 4. The normalized spacial score (nSPS) is 12.7. The maximum absolute atomic E-state index is 13.4. The molecule has 0 aromatic heterocycles. The van der Waals surface area contributed by atoms with Crippen molar-refractivity contribution < 1.29 is 31.9 Å². The highest BCUT2D eigenvalue weighted by Crippen LogP contribution is 2.11. The van der Waals surface area contributed by atoms with Gasteiger partial charge < -0.3 is 10.4 Å². The number of rotatable bonds is 6. The van der Waals surface area contributed by atoms with Gasteiger partial charge in [0.05, 0.1) is 11.3 Å². The third-order valence-corrected chi connectivity index (χ3v) is 3.55. The molecule has 6 nitrogen and oxygen atoms in total. The zero-order chi connectivity index (χ0) is 16.2. The first-order chi connectivity index (χ1) is 9.61. The highest BCUT2D eigenvalue weighted by Gasteiger charge is 2.24. The molecule has 9 heteroatoms. The molecule has 1 amide bonds. The molecule has 0 heterocycles. The molecule has 0 spiro atoms. The van der Waals surface area contributed by atoms with E-state index in [1.807, 2.05) is 5.32 Å². The fourth-order valence-corrected chi connectivity index (χ4v) is 2.17. The molecule has 1 rings (SSSR count). The first-order valence-corrected chi connectivity index (χ1v) is 7.83. The molecule has 2 N–H and O–H groups in total. The number of benzene rings is 1. The van der Waals surface area contributed by atoms with Crippen LogP contribution in [0.15, 0.2) is 18.2 Å². The highest BCUT2D eigenvalue weighted by atomic mass is 32.2. The van der Waals surface area contributed by atoms with E-state index in [-0.39, 0.29) is 6.42 Å².